The fourth-order valence-electron chi connectivity index (χ4n) is 0.663. The maximum Gasteiger partial charge on any atom is 0.146 e. The van der Waals surface area contributed by atoms with E-state index >= 15 is 0 Å². The lowest BCUT2D eigenvalue weighted by Gasteiger charge is -2.01. The Morgan fingerprint density at radius 1 is 1.50 bits per heavy atom. The van der Waals surface area contributed by atoms with E-state index in [4.69, 9.17) is 28.5 Å². The lowest BCUT2D eigenvalue weighted by molar-refractivity contribution is 0.859. The molecule has 1 heterocycles. The molecule has 0 amide bonds. The van der Waals surface area contributed by atoms with Crippen LogP contribution >= 0.6 is 23.2 Å². The second-order valence-electron chi connectivity index (χ2n) is 2.10. The SMILES string of the molecule is N#CC(CCl)c1ncc(Cl)cn1. The van der Waals surface area contributed by atoms with Crippen LogP contribution in [0, 0.1) is 11.3 Å². The predicted octanol–water partition coefficient (Wildman–Crippen LogP) is 1.98. The highest BCUT2D eigenvalue weighted by Gasteiger charge is 2.11. The van der Waals surface area contributed by atoms with Gasteiger partial charge in [-0.25, -0.2) is 9.97 Å². The topological polar surface area (TPSA) is 49.6 Å². The summed E-state index contributed by atoms with van der Waals surface area (Å²) in [7, 11) is 0. The quantitative estimate of drug-likeness (QED) is 0.688. The minimum absolute atomic E-state index is 0.193. The normalized spacial score (nSPS) is 12.1. The third-order valence-electron chi connectivity index (χ3n) is 1.26. The first-order chi connectivity index (χ1) is 5.77. The molecule has 0 fully saturated rings. The molecule has 0 N–H and O–H groups in total. The lowest BCUT2D eigenvalue weighted by atomic mass is 10.2. The van der Waals surface area contributed by atoms with Gasteiger partial charge in [0.15, 0.2) is 0 Å². The van der Waals surface area contributed by atoms with Gasteiger partial charge in [0.1, 0.15) is 11.7 Å². The van der Waals surface area contributed by atoms with E-state index in [1.165, 1.54) is 12.4 Å². The van der Waals surface area contributed by atoms with Gasteiger partial charge < -0.3 is 0 Å². The highest BCUT2D eigenvalue weighted by molar-refractivity contribution is 6.30. The van der Waals surface area contributed by atoms with Crippen LogP contribution in [-0.2, 0) is 0 Å². The number of rotatable bonds is 2. The predicted molar refractivity (Wildman–Crippen MR) is 46.1 cm³/mol. The van der Waals surface area contributed by atoms with Crippen LogP contribution < -0.4 is 0 Å². The van der Waals surface area contributed by atoms with Gasteiger partial charge in [-0.15, -0.1) is 11.6 Å². The average Bonchev–Trinajstić information content (AvgIpc) is 2.10. The van der Waals surface area contributed by atoms with E-state index in [1.807, 2.05) is 6.07 Å². The van der Waals surface area contributed by atoms with Crippen molar-refractivity contribution in [3.05, 3.63) is 23.2 Å². The van der Waals surface area contributed by atoms with Crippen molar-refractivity contribution in [3.8, 4) is 6.07 Å². The van der Waals surface area contributed by atoms with E-state index in [0.29, 0.717) is 10.8 Å². The van der Waals surface area contributed by atoms with Gasteiger partial charge in [0.25, 0.3) is 0 Å². The van der Waals surface area contributed by atoms with Crippen LogP contribution in [0.25, 0.3) is 0 Å². The van der Waals surface area contributed by atoms with E-state index in [1.54, 1.807) is 0 Å². The van der Waals surface area contributed by atoms with Gasteiger partial charge in [-0.1, -0.05) is 11.6 Å². The lowest BCUT2D eigenvalue weighted by Crippen LogP contribution is -2.02. The van der Waals surface area contributed by atoms with Crippen LogP contribution in [0.5, 0.6) is 0 Å². The fourth-order valence-corrected chi connectivity index (χ4v) is 0.968. The third kappa shape index (κ3) is 2.07. The maximum atomic E-state index is 8.60. The molecule has 0 saturated carbocycles. The van der Waals surface area contributed by atoms with Crippen LogP contribution in [0.3, 0.4) is 0 Å². The number of aromatic nitrogens is 2. The summed E-state index contributed by atoms with van der Waals surface area (Å²) in [5.41, 5.74) is 0. The van der Waals surface area contributed by atoms with E-state index in [-0.39, 0.29) is 5.88 Å². The van der Waals surface area contributed by atoms with Crippen molar-refractivity contribution in [3.63, 3.8) is 0 Å². The molecule has 1 unspecified atom stereocenters. The van der Waals surface area contributed by atoms with Crippen molar-refractivity contribution in [1.82, 2.24) is 9.97 Å². The Morgan fingerprint density at radius 2 is 2.08 bits per heavy atom. The number of hydrogen-bond acceptors (Lipinski definition) is 3. The molecule has 0 spiro atoms. The summed E-state index contributed by atoms with van der Waals surface area (Å²) in [6.45, 7) is 0. The van der Waals surface area contributed by atoms with Gasteiger partial charge in [-0.3, -0.25) is 0 Å². The molecule has 0 aliphatic heterocycles. The zero-order valence-corrected chi connectivity index (χ0v) is 7.55. The van der Waals surface area contributed by atoms with Crippen LogP contribution in [0.1, 0.15) is 11.7 Å². The molecule has 0 saturated heterocycles. The van der Waals surface area contributed by atoms with Crippen molar-refractivity contribution >= 4 is 23.2 Å². The van der Waals surface area contributed by atoms with Crippen LogP contribution in [0.2, 0.25) is 5.02 Å². The molecule has 1 rings (SSSR count). The minimum atomic E-state index is -0.455. The molecule has 1 aromatic heterocycles. The highest BCUT2D eigenvalue weighted by atomic mass is 35.5. The number of nitrogens with zero attached hydrogens (tertiary/aromatic N) is 3. The minimum Gasteiger partial charge on any atom is -0.238 e. The smallest absolute Gasteiger partial charge is 0.146 e. The molecule has 0 bridgehead atoms. The Balaban J connectivity index is 2.89. The molecular weight excluding hydrogens is 197 g/mol. The largest absolute Gasteiger partial charge is 0.238 e. The van der Waals surface area contributed by atoms with Crippen molar-refractivity contribution in [2.45, 2.75) is 5.92 Å². The summed E-state index contributed by atoms with van der Waals surface area (Å²) in [5, 5.41) is 9.05. The molecule has 0 aromatic carbocycles. The summed E-state index contributed by atoms with van der Waals surface area (Å²) in [6, 6.07) is 1.99. The Hall–Kier alpha value is -0.850. The van der Waals surface area contributed by atoms with Gasteiger partial charge in [-0.05, 0) is 0 Å². The monoisotopic (exact) mass is 201 g/mol. The second kappa shape index (κ2) is 4.24. The van der Waals surface area contributed by atoms with E-state index in [9.17, 15) is 0 Å². The van der Waals surface area contributed by atoms with Gasteiger partial charge in [-0.2, -0.15) is 5.26 Å². The van der Waals surface area contributed by atoms with E-state index in [2.05, 4.69) is 9.97 Å². The molecule has 5 heteroatoms. The number of halogens is 2. The number of hydrogen-bond donors (Lipinski definition) is 0. The summed E-state index contributed by atoms with van der Waals surface area (Å²) in [4.78, 5) is 7.74. The molecule has 1 aromatic rings. The molecular formula is C7H5Cl2N3. The molecule has 3 nitrogen and oxygen atoms in total. The Morgan fingerprint density at radius 3 is 2.50 bits per heavy atom. The van der Waals surface area contributed by atoms with E-state index in [0.717, 1.165) is 0 Å². The summed E-state index contributed by atoms with van der Waals surface area (Å²) in [5.74, 6) is 0.152. The Kier molecular flexibility index (Phi) is 3.27. The van der Waals surface area contributed by atoms with Crippen LogP contribution in [0.4, 0.5) is 0 Å². The number of nitriles is 1. The fraction of sp³-hybridized carbons (Fsp3) is 0.286. The summed E-state index contributed by atoms with van der Waals surface area (Å²) >= 11 is 11.1. The summed E-state index contributed by atoms with van der Waals surface area (Å²) < 4.78 is 0. The van der Waals surface area contributed by atoms with Crippen molar-refractivity contribution < 1.29 is 0 Å². The molecule has 1 atom stereocenters. The molecule has 0 aliphatic carbocycles. The maximum absolute atomic E-state index is 8.60. The highest BCUT2D eigenvalue weighted by Crippen LogP contribution is 2.12. The first-order valence-corrected chi connectivity index (χ1v) is 4.12. The molecule has 62 valence electrons. The molecule has 0 aliphatic rings. The van der Waals surface area contributed by atoms with E-state index < -0.39 is 5.92 Å². The zero-order chi connectivity index (χ0) is 8.97. The van der Waals surface area contributed by atoms with Crippen molar-refractivity contribution in [2.24, 2.45) is 0 Å². The van der Waals surface area contributed by atoms with Gasteiger partial charge >= 0.3 is 0 Å². The van der Waals surface area contributed by atoms with Gasteiger partial charge in [0.05, 0.1) is 11.1 Å². The molecule has 0 radical (unpaired) electrons. The third-order valence-corrected chi connectivity index (χ3v) is 1.77. The van der Waals surface area contributed by atoms with Gasteiger partial charge in [0.2, 0.25) is 0 Å². The number of alkyl halides is 1. The second-order valence-corrected chi connectivity index (χ2v) is 2.84. The first kappa shape index (κ1) is 9.24. The Labute approximate surface area is 80.0 Å². The summed E-state index contributed by atoms with van der Waals surface area (Å²) in [6.07, 6.45) is 2.89. The van der Waals surface area contributed by atoms with Crippen molar-refractivity contribution in [1.29, 1.82) is 5.26 Å². The van der Waals surface area contributed by atoms with Crippen molar-refractivity contribution in [2.75, 3.05) is 5.88 Å². The van der Waals surface area contributed by atoms with Crippen LogP contribution in [0.15, 0.2) is 12.4 Å². The Bertz CT molecular complexity index is 291. The average molecular weight is 202 g/mol. The zero-order valence-electron chi connectivity index (χ0n) is 6.04. The van der Waals surface area contributed by atoms with Gasteiger partial charge in [0, 0.05) is 18.3 Å². The van der Waals surface area contributed by atoms with Crippen LogP contribution in [-0.4, -0.2) is 15.8 Å². The first-order valence-electron chi connectivity index (χ1n) is 3.21. The standard InChI is InChI=1S/C7H5Cl2N3/c8-1-5(2-10)7-11-3-6(9)4-12-7/h3-5H,1H2. The molecule has 12 heavy (non-hydrogen) atoms.